The monoisotopic (exact) mass is 298 g/mol. The number of anilines is 1. The van der Waals surface area contributed by atoms with Gasteiger partial charge in [-0.1, -0.05) is 0 Å². The van der Waals surface area contributed by atoms with Crippen molar-refractivity contribution in [2.24, 2.45) is 0 Å². The minimum atomic E-state index is -4.59. The Bertz CT molecular complexity index is 594. The number of alkyl halides is 3. The first kappa shape index (κ1) is 15.1. The molecule has 1 aromatic heterocycles. The zero-order valence-corrected chi connectivity index (χ0v) is 11.3. The van der Waals surface area contributed by atoms with E-state index in [9.17, 15) is 18.0 Å². The van der Waals surface area contributed by atoms with Crippen LogP contribution in [0.3, 0.4) is 0 Å². The molecule has 5 nitrogen and oxygen atoms in total. The third kappa shape index (κ3) is 3.24. The number of pyridine rings is 1. The van der Waals surface area contributed by atoms with Gasteiger partial charge in [0.25, 0.3) is 0 Å². The predicted octanol–water partition coefficient (Wildman–Crippen LogP) is 1.64. The molecule has 0 unspecified atom stereocenters. The molecule has 0 N–H and O–H groups in total. The van der Waals surface area contributed by atoms with Gasteiger partial charge < -0.3 is 9.80 Å². The Morgan fingerprint density at radius 1 is 1.33 bits per heavy atom. The van der Waals surface area contributed by atoms with Crippen LogP contribution >= 0.6 is 0 Å². The second kappa shape index (κ2) is 5.60. The average molecular weight is 298 g/mol. The highest BCUT2D eigenvalue weighted by Crippen LogP contribution is 2.30. The predicted molar refractivity (Wildman–Crippen MR) is 68.4 cm³/mol. The number of carbonyl (C=O) groups is 1. The maximum absolute atomic E-state index is 12.8. The van der Waals surface area contributed by atoms with Crippen molar-refractivity contribution in [1.29, 1.82) is 5.26 Å². The normalized spacial score (nSPS) is 16.6. The number of aromatic nitrogens is 1. The zero-order valence-electron chi connectivity index (χ0n) is 11.3. The third-order valence-electron chi connectivity index (χ3n) is 3.26. The van der Waals surface area contributed by atoms with Crippen LogP contribution in [0.15, 0.2) is 12.1 Å². The van der Waals surface area contributed by atoms with Crippen molar-refractivity contribution in [1.82, 2.24) is 9.88 Å². The van der Waals surface area contributed by atoms with Gasteiger partial charge >= 0.3 is 6.18 Å². The molecule has 2 rings (SSSR count). The van der Waals surface area contributed by atoms with Crippen LogP contribution < -0.4 is 4.90 Å². The first-order valence-electron chi connectivity index (χ1n) is 6.30. The molecule has 0 aromatic carbocycles. The summed E-state index contributed by atoms with van der Waals surface area (Å²) < 4.78 is 38.3. The molecule has 0 radical (unpaired) electrons. The second-order valence-electron chi connectivity index (χ2n) is 4.77. The zero-order chi connectivity index (χ0) is 15.6. The second-order valence-corrected chi connectivity index (χ2v) is 4.77. The van der Waals surface area contributed by atoms with Gasteiger partial charge in [0, 0.05) is 20.1 Å². The van der Waals surface area contributed by atoms with Gasteiger partial charge in [-0.15, -0.1) is 0 Å². The largest absolute Gasteiger partial charge is 0.433 e. The van der Waals surface area contributed by atoms with Crippen LogP contribution in [0.2, 0.25) is 0 Å². The highest BCUT2D eigenvalue weighted by Gasteiger charge is 2.34. The van der Waals surface area contributed by atoms with E-state index in [-0.39, 0.29) is 23.8 Å². The summed E-state index contributed by atoms with van der Waals surface area (Å²) in [4.78, 5) is 18.3. The van der Waals surface area contributed by atoms with Gasteiger partial charge in [-0.2, -0.15) is 18.4 Å². The van der Waals surface area contributed by atoms with Gasteiger partial charge in [-0.05, 0) is 18.6 Å². The molecule has 0 aliphatic carbocycles. The summed E-state index contributed by atoms with van der Waals surface area (Å²) in [5.74, 6) is -0.299. The number of hydrogen-bond donors (Lipinski definition) is 0. The molecular weight excluding hydrogens is 285 g/mol. The van der Waals surface area contributed by atoms with Crippen LogP contribution in [-0.4, -0.2) is 42.5 Å². The van der Waals surface area contributed by atoms with Crippen molar-refractivity contribution in [2.75, 3.05) is 31.6 Å². The standard InChI is InChI=1S/C13H13F3N4O/c1-19-5-2-6-20(8-11(19)21)12-9(7-17)3-4-10(18-12)13(14,15)16/h3-4H,2,5-6,8H2,1H3. The fraction of sp³-hybridized carbons (Fsp3) is 0.462. The number of nitrogens with zero attached hydrogens (tertiary/aromatic N) is 4. The Morgan fingerprint density at radius 3 is 2.67 bits per heavy atom. The van der Waals surface area contributed by atoms with Crippen LogP contribution in [0.25, 0.3) is 0 Å². The van der Waals surface area contributed by atoms with Crippen molar-refractivity contribution >= 4 is 11.7 Å². The molecule has 0 bridgehead atoms. The number of amides is 1. The Balaban J connectivity index is 2.41. The van der Waals surface area contributed by atoms with Gasteiger partial charge in [0.1, 0.15) is 17.6 Å². The highest BCUT2D eigenvalue weighted by molar-refractivity contribution is 5.81. The molecule has 0 saturated carbocycles. The number of hydrogen-bond acceptors (Lipinski definition) is 4. The van der Waals surface area contributed by atoms with Gasteiger partial charge in [0.05, 0.1) is 12.1 Å². The van der Waals surface area contributed by atoms with Crippen LogP contribution in [-0.2, 0) is 11.0 Å². The smallest absolute Gasteiger partial charge is 0.346 e. The quantitative estimate of drug-likeness (QED) is 0.791. The fourth-order valence-electron chi connectivity index (χ4n) is 2.10. The first-order chi connectivity index (χ1) is 9.82. The van der Waals surface area contributed by atoms with E-state index in [0.717, 1.165) is 12.1 Å². The molecular formula is C13H13F3N4O. The van der Waals surface area contributed by atoms with E-state index in [0.29, 0.717) is 19.5 Å². The maximum Gasteiger partial charge on any atom is 0.433 e. The molecule has 1 aliphatic heterocycles. The van der Waals surface area contributed by atoms with Crippen LogP contribution in [0.4, 0.5) is 19.0 Å². The van der Waals surface area contributed by atoms with E-state index in [2.05, 4.69) is 4.98 Å². The summed E-state index contributed by atoms with van der Waals surface area (Å²) in [5, 5.41) is 9.04. The Morgan fingerprint density at radius 2 is 2.05 bits per heavy atom. The average Bonchev–Trinajstić information content (AvgIpc) is 2.59. The first-order valence-corrected chi connectivity index (χ1v) is 6.30. The van der Waals surface area contributed by atoms with Crippen LogP contribution in [0.1, 0.15) is 17.7 Å². The summed E-state index contributed by atoms with van der Waals surface area (Å²) in [6, 6.07) is 3.68. The lowest BCUT2D eigenvalue weighted by atomic mass is 10.2. The summed E-state index contributed by atoms with van der Waals surface area (Å²) in [6.07, 6.45) is -3.99. The summed E-state index contributed by atoms with van der Waals surface area (Å²) in [6.45, 7) is 0.814. The minimum Gasteiger partial charge on any atom is -0.346 e. The third-order valence-corrected chi connectivity index (χ3v) is 3.26. The van der Waals surface area contributed by atoms with E-state index in [1.807, 2.05) is 6.07 Å². The van der Waals surface area contributed by atoms with E-state index >= 15 is 0 Å². The van der Waals surface area contributed by atoms with E-state index in [4.69, 9.17) is 5.26 Å². The summed E-state index contributed by atoms with van der Waals surface area (Å²) in [5.41, 5.74) is -1.04. The molecule has 8 heteroatoms. The van der Waals surface area contributed by atoms with Gasteiger partial charge in [0.2, 0.25) is 5.91 Å². The Labute approximate surface area is 119 Å². The lowest BCUT2D eigenvalue weighted by molar-refractivity contribution is -0.141. The SMILES string of the molecule is CN1CCCN(c2nc(C(F)(F)F)ccc2C#N)CC1=O. The Kier molecular flexibility index (Phi) is 4.02. The molecule has 1 amide bonds. The highest BCUT2D eigenvalue weighted by atomic mass is 19.4. The number of carbonyl (C=O) groups excluding carboxylic acids is 1. The van der Waals surface area contributed by atoms with Crippen LogP contribution in [0.5, 0.6) is 0 Å². The van der Waals surface area contributed by atoms with Crippen molar-refractivity contribution in [3.63, 3.8) is 0 Å². The summed E-state index contributed by atoms with van der Waals surface area (Å²) in [7, 11) is 1.64. The topological polar surface area (TPSA) is 60.2 Å². The maximum atomic E-state index is 12.8. The molecule has 1 saturated heterocycles. The van der Waals surface area contributed by atoms with Gasteiger partial charge in [0.15, 0.2) is 0 Å². The molecule has 1 aliphatic rings. The minimum absolute atomic E-state index is 0.0281. The molecule has 21 heavy (non-hydrogen) atoms. The fourth-order valence-corrected chi connectivity index (χ4v) is 2.10. The van der Waals surface area contributed by atoms with Crippen LogP contribution in [0, 0.1) is 11.3 Å². The number of likely N-dealkylation sites (N-methyl/N-ethyl adjacent to an activating group) is 1. The number of nitriles is 1. The molecule has 112 valence electrons. The number of halogens is 3. The van der Waals surface area contributed by atoms with Gasteiger partial charge in [-0.25, -0.2) is 4.98 Å². The number of rotatable bonds is 1. The Hall–Kier alpha value is -2.30. The summed E-state index contributed by atoms with van der Waals surface area (Å²) >= 11 is 0. The lowest BCUT2D eigenvalue weighted by Gasteiger charge is -2.22. The molecule has 0 spiro atoms. The lowest BCUT2D eigenvalue weighted by Crippen LogP contribution is -2.35. The van der Waals surface area contributed by atoms with Crippen molar-refractivity contribution < 1.29 is 18.0 Å². The van der Waals surface area contributed by atoms with Crippen molar-refractivity contribution in [3.8, 4) is 6.07 Å². The van der Waals surface area contributed by atoms with E-state index in [1.54, 1.807) is 7.05 Å². The van der Waals surface area contributed by atoms with Crippen molar-refractivity contribution in [3.05, 3.63) is 23.4 Å². The van der Waals surface area contributed by atoms with E-state index < -0.39 is 11.9 Å². The van der Waals surface area contributed by atoms with E-state index in [1.165, 1.54) is 9.80 Å². The molecule has 1 fully saturated rings. The van der Waals surface area contributed by atoms with Crippen molar-refractivity contribution in [2.45, 2.75) is 12.6 Å². The molecule has 0 atom stereocenters. The molecule has 2 heterocycles. The van der Waals surface area contributed by atoms with Gasteiger partial charge in [-0.3, -0.25) is 4.79 Å². The molecule has 1 aromatic rings.